The first kappa shape index (κ1) is 7.04. The molecule has 1 aliphatic heterocycles. The zero-order valence-corrected chi connectivity index (χ0v) is 4.98. The molecule has 0 saturated carbocycles. The van der Waals surface area contributed by atoms with Crippen LogP contribution in [0.15, 0.2) is 11.8 Å². The fourth-order valence-electron chi connectivity index (χ4n) is 0.531. The van der Waals surface area contributed by atoms with Crippen LogP contribution in [0, 0.1) is 0 Å². The number of hydrogen-bond donors (Lipinski definition) is 2. The average molecular weight is 146 g/mol. The van der Waals surface area contributed by atoms with Crippen molar-refractivity contribution in [1.29, 1.82) is 0 Å². The third-order valence-electron chi connectivity index (χ3n) is 1.01. The molecular weight excluding hydrogens is 140 g/mol. The number of aliphatic hydroxyl groups is 1. The number of hydrogen-bond acceptors (Lipinski definition) is 4. The van der Waals surface area contributed by atoms with Gasteiger partial charge in [-0.2, -0.15) is 4.89 Å². The molecule has 0 aliphatic carbocycles. The van der Waals surface area contributed by atoms with E-state index in [1.165, 1.54) is 6.08 Å². The smallest absolute Gasteiger partial charge is 0.340 e. The molecule has 1 aliphatic rings. The van der Waals surface area contributed by atoms with E-state index in [0.29, 0.717) is 0 Å². The van der Waals surface area contributed by atoms with Gasteiger partial charge in [0, 0.05) is 0 Å². The van der Waals surface area contributed by atoms with Crippen LogP contribution >= 0.6 is 0 Å². The largest absolute Gasteiger partial charge is 0.479 e. The number of carboxylic acids is 1. The summed E-state index contributed by atoms with van der Waals surface area (Å²) in [5.41, 5.74) is 0. The van der Waals surface area contributed by atoms with Gasteiger partial charge in [0.25, 0.3) is 0 Å². The number of aliphatic carboxylic acids is 1. The minimum atomic E-state index is -1.61. The molecule has 1 rings (SSSR count). The van der Waals surface area contributed by atoms with Gasteiger partial charge in [-0.05, 0) is 6.08 Å². The zero-order chi connectivity index (χ0) is 7.56. The highest BCUT2D eigenvalue weighted by Gasteiger charge is 2.23. The molecule has 5 nitrogen and oxygen atoms in total. The Hall–Kier alpha value is -1.07. The summed E-state index contributed by atoms with van der Waals surface area (Å²) in [5, 5.41) is 17.0. The van der Waals surface area contributed by atoms with Gasteiger partial charge in [0.05, 0.1) is 0 Å². The monoisotopic (exact) mass is 146 g/mol. The maximum Gasteiger partial charge on any atom is 0.340 e. The van der Waals surface area contributed by atoms with Crippen LogP contribution in [0.1, 0.15) is 0 Å². The molecule has 0 aromatic heterocycles. The fourth-order valence-corrected chi connectivity index (χ4v) is 0.531. The van der Waals surface area contributed by atoms with Crippen molar-refractivity contribution >= 4 is 5.97 Å². The van der Waals surface area contributed by atoms with Crippen LogP contribution in [0.2, 0.25) is 0 Å². The molecule has 2 N–H and O–H groups in total. The van der Waals surface area contributed by atoms with Gasteiger partial charge in [0.2, 0.25) is 6.10 Å². The first-order valence-electron chi connectivity index (χ1n) is 2.62. The molecule has 0 spiro atoms. The third kappa shape index (κ3) is 1.26. The molecule has 56 valence electrons. The highest BCUT2D eigenvalue weighted by molar-refractivity contribution is 5.75. The number of carboxylic acid groups (broad SMARTS) is 1. The van der Waals surface area contributed by atoms with Gasteiger partial charge < -0.3 is 15.1 Å². The van der Waals surface area contributed by atoms with Gasteiger partial charge in [0.1, 0.15) is 6.61 Å². The van der Waals surface area contributed by atoms with Crippen molar-refractivity contribution in [1.82, 2.24) is 0 Å². The van der Waals surface area contributed by atoms with Crippen molar-refractivity contribution in [2.24, 2.45) is 0 Å². The van der Waals surface area contributed by atoms with E-state index in [4.69, 9.17) is 10.2 Å². The molecule has 1 heterocycles. The van der Waals surface area contributed by atoms with Crippen LogP contribution in [0.4, 0.5) is 0 Å². The van der Waals surface area contributed by atoms with Gasteiger partial charge in [-0.15, -0.1) is 0 Å². The Balaban J connectivity index is 2.55. The van der Waals surface area contributed by atoms with E-state index in [9.17, 15) is 4.79 Å². The molecule has 0 bridgehead atoms. The van der Waals surface area contributed by atoms with E-state index in [1.54, 1.807) is 0 Å². The summed E-state index contributed by atoms with van der Waals surface area (Å²) in [6.07, 6.45) is -0.249. The second kappa shape index (κ2) is 2.68. The van der Waals surface area contributed by atoms with E-state index < -0.39 is 12.1 Å². The first-order chi connectivity index (χ1) is 4.72. The van der Waals surface area contributed by atoms with Crippen molar-refractivity contribution < 1.29 is 24.8 Å². The summed E-state index contributed by atoms with van der Waals surface area (Å²) in [7, 11) is 0. The van der Waals surface area contributed by atoms with Crippen LogP contribution < -0.4 is 0 Å². The maximum atomic E-state index is 10.1. The van der Waals surface area contributed by atoms with E-state index in [-0.39, 0.29) is 12.4 Å². The molecule has 1 atom stereocenters. The Bertz CT molecular complexity index is 173. The summed E-state index contributed by atoms with van der Waals surface area (Å²) < 4.78 is 0. The zero-order valence-electron chi connectivity index (χ0n) is 4.98. The highest BCUT2D eigenvalue weighted by Crippen LogP contribution is 2.10. The van der Waals surface area contributed by atoms with E-state index >= 15 is 0 Å². The van der Waals surface area contributed by atoms with Gasteiger partial charge in [-0.25, -0.2) is 4.79 Å². The lowest BCUT2D eigenvalue weighted by Crippen LogP contribution is -2.21. The van der Waals surface area contributed by atoms with Gasteiger partial charge in [-0.3, -0.25) is 0 Å². The summed E-state index contributed by atoms with van der Waals surface area (Å²) in [4.78, 5) is 18.7. The van der Waals surface area contributed by atoms with Crippen LogP contribution in [-0.4, -0.2) is 28.9 Å². The number of rotatable bonds is 2. The average Bonchev–Trinajstić information content (AvgIpc) is 2.36. The fraction of sp³-hybridized carbons (Fsp3) is 0.400. The summed E-state index contributed by atoms with van der Waals surface area (Å²) in [6.45, 7) is 0.180. The predicted molar refractivity (Wildman–Crippen MR) is 28.8 cm³/mol. The Morgan fingerprint density at radius 1 is 1.80 bits per heavy atom. The number of carbonyl (C=O) groups is 1. The van der Waals surface area contributed by atoms with Crippen LogP contribution in [-0.2, 0) is 14.6 Å². The summed E-state index contributed by atoms with van der Waals surface area (Å²) >= 11 is 0. The molecule has 0 saturated heterocycles. The molecule has 0 fully saturated rings. The second-order valence-electron chi connectivity index (χ2n) is 1.72. The molecule has 10 heavy (non-hydrogen) atoms. The topological polar surface area (TPSA) is 76.0 Å². The summed E-state index contributed by atoms with van der Waals surface area (Å²) in [5.74, 6) is -1.41. The van der Waals surface area contributed by atoms with Crippen LogP contribution in [0.5, 0.6) is 0 Å². The van der Waals surface area contributed by atoms with Gasteiger partial charge in [0.15, 0.2) is 5.76 Å². The molecule has 0 radical (unpaired) electrons. The van der Waals surface area contributed by atoms with Gasteiger partial charge >= 0.3 is 5.97 Å². The normalized spacial score (nSPS) is 19.5. The molecule has 0 aromatic rings. The minimum Gasteiger partial charge on any atom is -0.479 e. The lowest BCUT2D eigenvalue weighted by atomic mass is 10.3. The molecular formula is C5H6O5. The minimum absolute atomic E-state index is 0.0625. The summed E-state index contributed by atoms with van der Waals surface area (Å²) in [6, 6.07) is 0. The molecule has 0 amide bonds. The van der Waals surface area contributed by atoms with E-state index in [2.05, 4.69) is 9.78 Å². The molecule has 5 heteroatoms. The van der Waals surface area contributed by atoms with Crippen molar-refractivity contribution in [3.8, 4) is 0 Å². The van der Waals surface area contributed by atoms with Crippen molar-refractivity contribution in [3.05, 3.63) is 11.8 Å². The SMILES string of the molecule is O=C(O)C(O)C1=CCOO1. The van der Waals surface area contributed by atoms with E-state index in [0.717, 1.165) is 0 Å². The Morgan fingerprint density at radius 2 is 2.50 bits per heavy atom. The lowest BCUT2D eigenvalue weighted by Gasteiger charge is -2.02. The quantitative estimate of drug-likeness (QED) is 0.502. The van der Waals surface area contributed by atoms with Crippen LogP contribution in [0.3, 0.4) is 0 Å². The molecule has 0 aromatic carbocycles. The third-order valence-corrected chi connectivity index (χ3v) is 1.01. The van der Waals surface area contributed by atoms with Crippen molar-refractivity contribution in [2.75, 3.05) is 6.61 Å². The van der Waals surface area contributed by atoms with Crippen molar-refractivity contribution in [3.63, 3.8) is 0 Å². The van der Waals surface area contributed by atoms with E-state index in [1.807, 2.05) is 0 Å². The first-order valence-corrected chi connectivity index (χ1v) is 2.62. The maximum absolute atomic E-state index is 10.1. The van der Waals surface area contributed by atoms with Gasteiger partial charge in [-0.1, -0.05) is 0 Å². The van der Waals surface area contributed by atoms with Crippen LogP contribution in [0.25, 0.3) is 0 Å². The standard InChI is InChI=1S/C5H6O5/c6-4(5(7)8)3-1-2-9-10-3/h1,4,6H,2H2,(H,7,8). The molecule has 1 unspecified atom stereocenters. The Labute approximate surface area is 56.4 Å². The Kier molecular flexibility index (Phi) is 1.88. The number of aliphatic hydroxyl groups excluding tert-OH is 1. The lowest BCUT2D eigenvalue weighted by molar-refractivity contribution is -0.243. The highest BCUT2D eigenvalue weighted by atomic mass is 17.2. The predicted octanol–water partition coefficient (Wildman–Crippen LogP) is -0.722. The van der Waals surface area contributed by atoms with Crippen molar-refractivity contribution in [2.45, 2.75) is 6.10 Å². The second-order valence-corrected chi connectivity index (χ2v) is 1.72. The Morgan fingerprint density at radius 3 is 2.90 bits per heavy atom.